The first-order chi connectivity index (χ1) is 14.2. The van der Waals surface area contributed by atoms with Crippen LogP contribution in [0.2, 0.25) is 0 Å². The van der Waals surface area contributed by atoms with E-state index in [9.17, 15) is 18.0 Å². The maximum Gasteiger partial charge on any atom is 0.418 e. The van der Waals surface area contributed by atoms with Gasteiger partial charge in [-0.15, -0.1) is 0 Å². The summed E-state index contributed by atoms with van der Waals surface area (Å²) in [6.07, 6.45) is -1.61. The Bertz CT molecular complexity index is 1010. The summed E-state index contributed by atoms with van der Waals surface area (Å²) in [5.41, 5.74) is 4.53. The second-order valence-corrected chi connectivity index (χ2v) is 6.78. The van der Waals surface area contributed by atoms with Gasteiger partial charge in [0.15, 0.2) is 0 Å². The van der Waals surface area contributed by atoms with E-state index in [-0.39, 0.29) is 18.1 Å². The number of nitrogens with two attached hydrogens (primary N) is 1. The van der Waals surface area contributed by atoms with E-state index < -0.39 is 28.8 Å². The Kier molecular flexibility index (Phi) is 6.17. The molecule has 5 nitrogen and oxygen atoms in total. The molecule has 1 unspecified atom stereocenters. The molecule has 2 heterocycles. The Labute approximate surface area is 171 Å². The van der Waals surface area contributed by atoms with Crippen molar-refractivity contribution in [3.05, 3.63) is 89.4 Å². The molecule has 0 saturated heterocycles. The van der Waals surface area contributed by atoms with E-state index in [2.05, 4.69) is 9.97 Å². The lowest BCUT2D eigenvalue weighted by Crippen LogP contribution is -2.42. The van der Waals surface area contributed by atoms with E-state index >= 15 is 0 Å². The minimum atomic E-state index is -4.75. The smallest absolute Gasteiger partial charge is 0.418 e. The van der Waals surface area contributed by atoms with Crippen molar-refractivity contribution in [2.75, 3.05) is 6.61 Å². The van der Waals surface area contributed by atoms with E-state index in [0.29, 0.717) is 6.42 Å². The molecule has 0 spiro atoms. The first-order valence-corrected chi connectivity index (χ1v) is 9.25. The molecule has 0 fully saturated rings. The zero-order chi connectivity index (χ0) is 21.8. The summed E-state index contributed by atoms with van der Waals surface area (Å²) < 4.78 is 46.0. The van der Waals surface area contributed by atoms with Gasteiger partial charge in [0.25, 0.3) is 0 Å². The second kappa shape index (κ2) is 8.62. The maximum absolute atomic E-state index is 13.4. The number of rotatable bonds is 7. The molecule has 3 rings (SSSR count). The molecule has 0 amide bonds. The van der Waals surface area contributed by atoms with Gasteiger partial charge in [-0.25, -0.2) is 4.98 Å². The molecule has 1 aromatic carbocycles. The van der Waals surface area contributed by atoms with E-state index in [4.69, 9.17) is 10.5 Å². The van der Waals surface area contributed by atoms with Crippen LogP contribution in [0.5, 0.6) is 5.88 Å². The van der Waals surface area contributed by atoms with E-state index in [1.165, 1.54) is 24.5 Å². The average Bonchev–Trinajstić information content (AvgIpc) is 2.77. The topological polar surface area (TPSA) is 78.1 Å². The Morgan fingerprint density at radius 2 is 1.80 bits per heavy atom. The fraction of sp³-hybridized carbons (Fsp3) is 0.227. The molecule has 0 bridgehead atoms. The number of halogens is 3. The summed E-state index contributed by atoms with van der Waals surface area (Å²) in [6, 6.07) is 14.0. The van der Waals surface area contributed by atoms with Crippen LogP contribution in [0.15, 0.2) is 67.0 Å². The highest BCUT2D eigenvalue weighted by atomic mass is 19.4. The van der Waals surface area contributed by atoms with Crippen LogP contribution in [-0.4, -0.2) is 22.4 Å². The molecular formula is C22H20F3N3O2. The van der Waals surface area contributed by atoms with Crippen LogP contribution in [0.3, 0.4) is 0 Å². The quantitative estimate of drug-likeness (QED) is 0.580. The molecule has 8 heteroatoms. The number of ketones is 1. The maximum atomic E-state index is 13.4. The van der Waals surface area contributed by atoms with E-state index in [0.717, 1.165) is 17.7 Å². The zero-order valence-electron chi connectivity index (χ0n) is 16.2. The summed E-state index contributed by atoms with van der Waals surface area (Å²) >= 11 is 0. The SMILES string of the molecule is CCC(N)(COc1ccc(C(F)(F)F)c(C(=O)c2cccnc2)n1)c1ccccc1. The highest BCUT2D eigenvalue weighted by Gasteiger charge is 2.37. The molecule has 156 valence electrons. The Morgan fingerprint density at radius 3 is 2.40 bits per heavy atom. The first-order valence-electron chi connectivity index (χ1n) is 9.25. The van der Waals surface area contributed by atoms with Crippen LogP contribution in [0.1, 0.15) is 40.5 Å². The van der Waals surface area contributed by atoms with Crippen molar-refractivity contribution in [3.8, 4) is 5.88 Å². The molecule has 0 aliphatic carbocycles. The molecule has 0 aliphatic heterocycles. The van der Waals surface area contributed by atoms with Gasteiger partial charge in [-0.1, -0.05) is 37.3 Å². The Balaban J connectivity index is 1.92. The number of alkyl halides is 3. The second-order valence-electron chi connectivity index (χ2n) is 6.78. The molecular weight excluding hydrogens is 395 g/mol. The third kappa shape index (κ3) is 4.65. The van der Waals surface area contributed by atoms with Crippen LogP contribution >= 0.6 is 0 Å². The predicted octanol–water partition coefficient (Wildman–Crippen LogP) is 4.37. The molecule has 0 aliphatic rings. The number of aromatic nitrogens is 2. The number of benzene rings is 1. The number of nitrogens with zero attached hydrogens (tertiary/aromatic N) is 2. The summed E-state index contributed by atoms with van der Waals surface area (Å²) in [5.74, 6) is -1.01. The highest BCUT2D eigenvalue weighted by Crippen LogP contribution is 2.33. The van der Waals surface area contributed by atoms with Gasteiger partial charge < -0.3 is 10.5 Å². The van der Waals surface area contributed by atoms with Crippen LogP contribution in [0, 0.1) is 0 Å². The molecule has 1 atom stereocenters. The lowest BCUT2D eigenvalue weighted by Gasteiger charge is -2.28. The Hall–Kier alpha value is -3.26. The summed E-state index contributed by atoms with van der Waals surface area (Å²) in [5, 5.41) is 0. The van der Waals surface area contributed by atoms with Crippen molar-refractivity contribution in [2.45, 2.75) is 25.1 Å². The van der Waals surface area contributed by atoms with Crippen molar-refractivity contribution in [1.29, 1.82) is 0 Å². The fourth-order valence-electron chi connectivity index (χ4n) is 2.92. The lowest BCUT2D eigenvalue weighted by atomic mass is 9.89. The van der Waals surface area contributed by atoms with Gasteiger partial charge in [-0.3, -0.25) is 9.78 Å². The van der Waals surface area contributed by atoms with Crippen LogP contribution in [0.25, 0.3) is 0 Å². The van der Waals surface area contributed by atoms with Crippen molar-refractivity contribution >= 4 is 5.78 Å². The third-order valence-corrected chi connectivity index (χ3v) is 4.77. The summed E-state index contributed by atoms with van der Waals surface area (Å²) in [4.78, 5) is 20.3. The predicted molar refractivity (Wildman–Crippen MR) is 105 cm³/mol. The minimum Gasteiger partial charge on any atom is -0.475 e. The van der Waals surface area contributed by atoms with Crippen molar-refractivity contribution in [1.82, 2.24) is 9.97 Å². The lowest BCUT2D eigenvalue weighted by molar-refractivity contribution is -0.138. The van der Waals surface area contributed by atoms with Gasteiger partial charge in [0.2, 0.25) is 11.7 Å². The van der Waals surface area contributed by atoms with E-state index in [1.54, 1.807) is 0 Å². The van der Waals surface area contributed by atoms with Gasteiger partial charge in [0, 0.05) is 24.0 Å². The molecule has 2 N–H and O–H groups in total. The fourth-order valence-corrected chi connectivity index (χ4v) is 2.92. The third-order valence-electron chi connectivity index (χ3n) is 4.77. The van der Waals surface area contributed by atoms with Gasteiger partial charge in [0.05, 0.1) is 11.1 Å². The standard InChI is InChI=1S/C22H20F3N3O2/c1-2-21(26,16-8-4-3-5-9-16)14-30-18-11-10-17(22(23,24)25)19(28-18)20(29)15-7-6-12-27-13-15/h3-13H,2,14,26H2,1H3. The molecule has 0 saturated carbocycles. The normalized spacial score (nSPS) is 13.5. The number of hydrogen-bond acceptors (Lipinski definition) is 5. The van der Waals surface area contributed by atoms with E-state index in [1.807, 2.05) is 37.3 Å². The number of ether oxygens (including phenoxy) is 1. The van der Waals surface area contributed by atoms with Gasteiger partial charge in [0.1, 0.15) is 12.3 Å². The summed E-state index contributed by atoms with van der Waals surface area (Å²) in [7, 11) is 0. The zero-order valence-corrected chi connectivity index (χ0v) is 16.2. The van der Waals surface area contributed by atoms with Crippen LogP contribution < -0.4 is 10.5 Å². The highest BCUT2D eigenvalue weighted by molar-refractivity contribution is 6.08. The number of hydrogen-bond donors (Lipinski definition) is 1. The number of carbonyl (C=O) groups excluding carboxylic acids is 1. The molecule has 3 aromatic rings. The van der Waals surface area contributed by atoms with Crippen LogP contribution in [0.4, 0.5) is 13.2 Å². The van der Waals surface area contributed by atoms with Crippen molar-refractivity contribution in [2.24, 2.45) is 5.73 Å². The van der Waals surface area contributed by atoms with Gasteiger partial charge >= 0.3 is 6.18 Å². The number of carbonyl (C=O) groups is 1. The van der Waals surface area contributed by atoms with Gasteiger partial charge in [-0.2, -0.15) is 13.2 Å². The van der Waals surface area contributed by atoms with Crippen molar-refractivity contribution in [3.63, 3.8) is 0 Å². The number of pyridine rings is 2. The largest absolute Gasteiger partial charge is 0.475 e. The molecule has 30 heavy (non-hydrogen) atoms. The molecule has 0 radical (unpaired) electrons. The minimum absolute atomic E-state index is 0.00124. The Morgan fingerprint density at radius 1 is 1.07 bits per heavy atom. The molecule has 2 aromatic heterocycles. The average molecular weight is 415 g/mol. The first kappa shape index (κ1) is 21.4. The monoisotopic (exact) mass is 415 g/mol. The summed E-state index contributed by atoms with van der Waals surface area (Å²) in [6.45, 7) is 1.86. The van der Waals surface area contributed by atoms with Crippen LogP contribution in [-0.2, 0) is 11.7 Å². The van der Waals surface area contributed by atoms with Crippen molar-refractivity contribution < 1.29 is 22.7 Å². The van der Waals surface area contributed by atoms with Gasteiger partial charge in [-0.05, 0) is 30.2 Å².